The summed E-state index contributed by atoms with van der Waals surface area (Å²) < 4.78 is 101. The van der Waals surface area contributed by atoms with E-state index in [9.17, 15) is 0 Å². The van der Waals surface area contributed by atoms with Gasteiger partial charge in [-0.2, -0.15) is 18.2 Å². The smallest absolute Gasteiger partial charge is 0.268 e. The average Bonchev–Trinajstić information content (AvgIpc) is 4.20. The topological polar surface area (TPSA) is 53.7 Å². The third-order valence-electron chi connectivity index (χ3n) is 11.8. The Morgan fingerprint density at radius 2 is 1.16 bits per heavy atom. The van der Waals surface area contributed by atoms with E-state index in [4.69, 9.17) is 28.4 Å². The summed E-state index contributed by atoms with van der Waals surface area (Å²) in [5.74, 6) is 1.43. The fraction of sp³-hybridized carbons (Fsp3) is 0. The molecule has 7 nitrogen and oxygen atoms in total. The van der Waals surface area contributed by atoms with Gasteiger partial charge in [0.05, 0.1) is 47.8 Å². The molecule has 0 spiro atoms. The molecule has 0 saturated heterocycles. The summed E-state index contributed by atoms with van der Waals surface area (Å²) in [7, 11) is 0. The van der Waals surface area contributed by atoms with Crippen LogP contribution in [-0.2, 0) is 21.1 Å². The van der Waals surface area contributed by atoms with E-state index in [1.165, 1.54) is 0 Å². The van der Waals surface area contributed by atoms with E-state index < -0.39 is 60.4 Å². The number of aromatic nitrogens is 6. The molecule has 67 heavy (non-hydrogen) atoms. The summed E-state index contributed by atoms with van der Waals surface area (Å²) in [6.45, 7) is 0. The molecule has 5 aromatic heterocycles. The molecule has 0 aliphatic rings. The Hall–Kier alpha value is -8.38. The van der Waals surface area contributed by atoms with E-state index >= 15 is 0 Å². The van der Waals surface area contributed by atoms with Gasteiger partial charge in [-0.1, -0.05) is 145 Å². The molecule has 0 amide bonds. The molecule has 0 bridgehead atoms. The average molecular weight is 1050 g/mol. The van der Waals surface area contributed by atoms with Gasteiger partial charge in [-0.25, -0.2) is 9.97 Å². The number of rotatable bonds is 8. The summed E-state index contributed by atoms with van der Waals surface area (Å²) in [6, 6.07) is 47.3. The molecule has 13 rings (SSSR count). The first kappa shape index (κ1) is 30.7. The molecule has 8 heteroatoms. The predicted octanol–water partition coefficient (Wildman–Crippen LogP) is 13.4. The van der Waals surface area contributed by atoms with Crippen molar-refractivity contribution >= 4 is 54.8 Å². The zero-order valence-corrected chi connectivity index (χ0v) is 37.2. The number of fused-ring (bicyclic) bond motifs is 7. The molecule has 0 atom stereocenters. The van der Waals surface area contributed by atoms with Crippen LogP contribution in [0.3, 0.4) is 0 Å². The van der Waals surface area contributed by atoms with Crippen molar-refractivity contribution in [2.75, 3.05) is 0 Å². The predicted molar refractivity (Wildman–Crippen MR) is 263 cm³/mol. The zero-order valence-electron chi connectivity index (χ0n) is 44.9. The first-order valence-corrected chi connectivity index (χ1v) is 21.1. The number of hydrogen-bond acceptors (Lipinski definition) is 3. The maximum Gasteiger partial charge on any atom is 0.268 e. The van der Waals surface area contributed by atoms with Gasteiger partial charge in [0.25, 0.3) is 6.33 Å². The number of hydrogen-bond donors (Lipinski definition) is 0. The first-order valence-electron chi connectivity index (χ1n) is 26.1. The van der Waals surface area contributed by atoms with E-state index in [2.05, 4.69) is 51.9 Å². The number of nitrogens with zero attached hydrogens (tertiary/aromatic N) is 6. The minimum atomic E-state index is -0.577. The SMILES string of the molecule is [2H]c1c([2H])c([2H])c(-c2cccc(-c3c([2H])c([2H])c([2H])c([2H])c3[2H])c2-[n+]2[c-]n(-c3[c-]c(Oc4[c-]c5c(cc4)c4ccccc4n5-c4ccc(-n5c6ccccc6c6cccnc65)cn4)ccc3)c3ccccc32)c([2H])c1[2H].[Pt]. The van der Waals surface area contributed by atoms with Crippen molar-refractivity contribution in [1.82, 2.24) is 23.7 Å². The third kappa shape index (κ3) is 6.74. The summed E-state index contributed by atoms with van der Waals surface area (Å²) in [5, 5.41) is 4.12. The van der Waals surface area contributed by atoms with Gasteiger partial charge in [0, 0.05) is 55.1 Å². The van der Waals surface area contributed by atoms with Crippen molar-refractivity contribution in [1.29, 1.82) is 0 Å². The second kappa shape index (κ2) is 16.6. The second-order valence-electron chi connectivity index (χ2n) is 15.5. The number of pyridine rings is 2. The van der Waals surface area contributed by atoms with Crippen LogP contribution in [0.1, 0.15) is 13.7 Å². The van der Waals surface area contributed by atoms with Gasteiger partial charge >= 0.3 is 0 Å². The van der Waals surface area contributed by atoms with Crippen molar-refractivity contribution in [2.45, 2.75) is 0 Å². The molecular weight excluding hydrogens is 1000 g/mol. The molecule has 13 aromatic rings. The fourth-order valence-corrected chi connectivity index (χ4v) is 8.98. The fourth-order valence-electron chi connectivity index (χ4n) is 8.98. The molecular formula is C59H36N6OPt-2. The van der Waals surface area contributed by atoms with Crippen molar-refractivity contribution in [2.24, 2.45) is 0 Å². The van der Waals surface area contributed by atoms with Crippen LogP contribution in [0.5, 0.6) is 11.5 Å². The summed E-state index contributed by atoms with van der Waals surface area (Å²) in [5.41, 5.74) is 6.16. The third-order valence-corrected chi connectivity index (χ3v) is 11.8. The minimum absolute atomic E-state index is 0. The number of ether oxygens (including phenoxy) is 1. The van der Waals surface area contributed by atoms with E-state index in [1.54, 1.807) is 57.8 Å². The Morgan fingerprint density at radius 3 is 1.90 bits per heavy atom. The van der Waals surface area contributed by atoms with Gasteiger partial charge in [-0.15, -0.1) is 29.7 Å². The van der Waals surface area contributed by atoms with E-state index in [0.717, 1.165) is 49.4 Å². The van der Waals surface area contributed by atoms with Gasteiger partial charge in [-0.05, 0) is 69.7 Å². The van der Waals surface area contributed by atoms with Crippen LogP contribution < -0.4 is 9.30 Å². The van der Waals surface area contributed by atoms with Crippen LogP contribution in [0.25, 0.3) is 99.9 Å². The molecule has 0 N–H and O–H groups in total. The normalized spacial score (nSPS) is 13.6. The van der Waals surface area contributed by atoms with Crippen LogP contribution in [-0.4, -0.2) is 23.7 Å². The molecule has 0 radical (unpaired) electrons. The Labute approximate surface area is 414 Å². The molecule has 0 fully saturated rings. The van der Waals surface area contributed by atoms with E-state index in [1.807, 2.05) is 85.1 Å². The van der Waals surface area contributed by atoms with Crippen LogP contribution in [0, 0.1) is 18.5 Å². The molecule has 8 aromatic carbocycles. The van der Waals surface area contributed by atoms with Gasteiger partial charge in [-0.3, -0.25) is 9.13 Å². The largest absolute Gasteiger partial charge is 0.510 e. The molecule has 320 valence electrons. The van der Waals surface area contributed by atoms with Crippen molar-refractivity contribution < 1.29 is 44.1 Å². The van der Waals surface area contributed by atoms with Crippen molar-refractivity contribution in [3.63, 3.8) is 0 Å². The van der Waals surface area contributed by atoms with Crippen molar-refractivity contribution in [3.05, 3.63) is 237 Å². The Balaban J connectivity index is 0.00000596. The van der Waals surface area contributed by atoms with E-state index in [0.29, 0.717) is 34.0 Å². The van der Waals surface area contributed by atoms with Crippen LogP contribution in [0.2, 0.25) is 0 Å². The maximum atomic E-state index is 9.03. The van der Waals surface area contributed by atoms with Gasteiger partial charge in [0.1, 0.15) is 11.5 Å². The minimum Gasteiger partial charge on any atom is -0.510 e. The number of benzene rings is 8. The summed E-state index contributed by atoms with van der Waals surface area (Å²) >= 11 is 0. The Kier molecular flexibility index (Phi) is 7.59. The first-order chi connectivity index (χ1) is 36.9. The summed E-state index contributed by atoms with van der Waals surface area (Å²) in [4.78, 5) is 9.78. The van der Waals surface area contributed by atoms with Crippen LogP contribution in [0.4, 0.5) is 0 Å². The van der Waals surface area contributed by atoms with E-state index in [-0.39, 0.29) is 49.0 Å². The zero-order chi connectivity index (χ0) is 52.3. The van der Waals surface area contributed by atoms with Gasteiger partial charge < -0.3 is 13.9 Å². The maximum absolute atomic E-state index is 9.03. The second-order valence-corrected chi connectivity index (χ2v) is 15.5. The van der Waals surface area contributed by atoms with Crippen molar-refractivity contribution in [3.8, 4) is 56.6 Å². The van der Waals surface area contributed by atoms with Crippen LogP contribution >= 0.6 is 0 Å². The monoisotopic (exact) mass is 1050 g/mol. The number of imidazole rings is 1. The molecule has 5 heterocycles. The molecule has 0 saturated carbocycles. The molecule has 0 aliphatic carbocycles. The van der Waals surface area contributed by atoms with Gasteiger partial charge in [0.15, 0.2) is 0 Å². The standard InChI is InChI=1S/C59H36N6O.Pt/c1-3-16-40(17-4-1)46-24-14-25-47(41-18-5-2-6-19-41)58(46)63-39-62(54-29-11-12-30-55(54)63)42-20-13-21-44(36-42)66-45-32-33-50-48-22-7-10-28-53(48)65(56(50)37-45)57-34-31-43(38-61-57)64-52-27-9-8-23-49(52)51-26-15-35-60-59(51)64;/h1-35,38H;/q-2;/i1D,2D,3D,4D,5D,6D,16D,17D,18D,19D;. The Morgan fingerprint density at radius 1 is 0.522 bits per heavy atom. The summed E-state index contributed by atoms with van der Waals surface area (Å²) in [6.07, 6.45) is 7.06. The molecule has 0 unspecified atom stereocenters. The Bertz CT molecular complexity index is 4400. The van der Waals surface area contributed by atoms with Gasteiger partial charge in [0.2, 0.25) is 0 Å². The molecule has 0 aliphatic heterocycles. The number of para-hydroxylation sites is 5. The van der Waals surface area contributed by atoms with Crippen LogP contribution in [0.15, 0.2) is 218 Å². The quantitative estimate of drug-likeness (QED) is 0.113.